The van der Waals surface area contributed by atoms with Crippen LogP contribution in [0.4, 0.5) is 5.69 Å². The summed E-state index contributed by atoms with van der Waals surface area (Å²) >= 11 is 0. The molecule has 1 atom stereocenters. The zero-order chi connectivity index (χ0) is 14.5. The van der Waals surface area contributed by atoms with Gasteiger partial charge in [-0.15, -0.1) is 0 Å². The minimum atomic E-state index is -0.321. The average molecular weight is 278 g/mol. The number of para-hydroxylation sites is 1. The Morgan fingerprint density at radius 3 is 2.52 bits per heavy atom. The Bertz CT molecular complexity index is 667. The smallest absolute Gasteiger partial charge is 0.260 e. The lowest BCUT2D eigenvalue weighted by Gasteiger charge is -2.28. The van der Waals surface area contributed by atoms with Gasteiger partial charge in [-0.05, 0) is 24.3 Å². The molecule has 2 heterocycles. The summed E-state index contributed by atoms with van der Waals surface area (Å²) in [6, 6.07) is 12.9. The van der Waals surface area contributed by atoms with Crippen molar-refractivity contribution >= 4 is 11.6 Å². The quantitative estimate of drug-likeness (QED) is 0.863. The summed E-state index contributed by atoms with van der Waals surface area (Å²) in [4.78, 5) is 18.4. The van der Waals surface area contributed by atoms with E-state index in [1.807, 2.05) is 36.4 Å². The van der Waals surface area contributed by atoms with E-state index in [4.69, 9.17) is 0 Å². The Hall–Kier alpha value is -2.82. The fraction of sp³-hybridized carbons (Fsp3) is 0.125. The highest BCUT2D eigenvalue weighted by Crippen LogP contribution is 2.23. The van der Waals surface area contributed by atoms with Crippen molar-refractivity contribution in [3.8, 4) is 0 Å². The van der Waals surface area contributed by atoms with Crippen LogP contribution < -0.4 is 4.90 Å². The molecule has 1 aliphatic heterocycles. The van der Waals surface area contributed by atoms with Gasteiger partial charge in [0.05, 0.1) is 0 Å². The van der Waals surface area contributed by atoms with Crippen LogP contribution in [-0.4, -0.2) is 17.1 Å². The van der Waals surface area contributed by atoms with E-state index in [1.165, 1.54) is 0 Å². The topological polar surface area (TPSA) is 57.9 Å². The summed E-state index contributed by atoms with van der Waals surface area (Å²) in [5.74, 6) is -0.108. The molecule has 1 aliphatic rings. The molecular formula is C16H14N4O. The highest BCUT2D eigenvalue weighted by atomic mass is 16.2. The molecular weight excluding hydrogens is 264 g/mol. The van der Waals surface area contributed by atoms with Crippen LogP contribution >= 0.6 is 0 Å². The van der Waals surface area contributed by atoms with Gasteiger partial charge >= 0.3 is 0 Å². The first-order chi connectivity index (χ1) is 10.4. The minimum Gasteiger partial charge on any atom is -0.283 e. The van der Waals surface area contributed by atoms with Gasteiger partial charge in [0.15, 0.2) is 6.17 Å². The fourth-order valence-corrected chi connectivity index (χ4v) is 2.20. The van der Waals surface area contributed by atoms with Crippen molar-refractivity contribution in [3.63, 3.8) is 0 Å². The van der Waals surface area contributed by atoms with E-state index in [0.717, 1.165) is 5.69 Å². The molecule has 3 rings (SSSR count). The van der Waals surface area contributed by atoms with E-state index in [2.05, 4.69) is 15.2 Å². The molecule has 104 valence electrons. The van der Waals surface area contributed by atoms with Crippen molar-refractivity contribution in [3.05, 3.63) is 72.7 Å². The number of anilines is 1. The molecule has 0 bridgehead atoms. The van der Waals surface area contributed by atoms with Crippen molar-refractivity contribution in [2.75, 3.05) is 4.90 Å². The molecule has 0 saturated carbocycles. The first kappa shape index (κ1) is 13.2. The SMILES string of the molecule is O=C(c1ccncc1)N(c1ccccc1)C1CC=CN=N1. The van der Waals surface area contributed by atoms with Crippen LogP contribution in [0.3, 0.4) is 0 Å². The van der Waals surface area contributed by atoms with Crippen LogP contribution in [0.1, 0.15) is 16.8 Å². The normalized spacial score (nSPS) is 16.7. The van der Waals surface area contributed by atoms with Crippen molar-refractivity contribution < 1.29 is 4.79 Å². The standard InChI is InChI=1S/C16H14N4O/c21-16(13-8-11-17-12-9-13)20(14-5-2-1-3-6-14)15-7-4-10-18-19-15/h1-6,8-12,15H,7H2. The van der Waals surface area contributed by atoms with Gasteiger partial charge in [0.25, 0.3) is 5.91 Å². The number of pyridine rings is 1. The van der Waals surface area contributed by atoms with Gasteiger partial charge in [0.2, 0.25) is 0 Å². The van der Waals surface area contributed by atoms with Crippen LogP contribution in [0.2, 0.25) is 0 Å². The number of carbonyl (C=O) groups is 1. The number of hydrogen-bond acceptors (Lipinski definition) is 4. The highest BCUT2D eigenvalue weighted by molar-refractivity contribution is 6.06. The molecule has 0 aliphatic carbocycles. The van der Waals surface area contributed by atoms with Crippen molar-refractivity contribution in [2.24, 2.45) is 10.2 Å². The molecule has 5 nitrogen and oxygen atoms in total. The minimum absolute atomic E-state index is 0.108. The van der Waals surface area contributed by atoms with Crippen LogP contribution in [-0.2, 0) is 0 Å². The van der Waals surface area contributed by atoms with Gasteiger partial charge in [0, 0.05) is 36.3 Å². The first-order valence-corrected chi connectivity index (χ1v) is 6.70. The Morgan fingerprint density at radius 1 is 1.10 bits per heavy atom. The van der Waals surface area contributed by atoms with E-state index in [9.17, 15) is 4.79 Å². The lowest BCUT2D eigenvalue weighted by Crippen LogP contribution is -2.39. The zero-order valence-electron chi connectivity index (χ0n) is 11.3. The van der Waals surface area contributed by atoms with E-state index >= 15 is 0 Å². The second-order valence-electron chi connectivity index (χ2n) is 4.58. The maximum atomic E-state index is 12.8. The number of aromatic nitrogens is 1. The van der Waals surface area contributed by atoms with Crippen molar-refractivity contribution in [2.45, 2.75) is 12.6 Å². The Kier molecular flexibility index (Phi) is 3.82. The van der Waals surface area contributed by atoms with E-state index < -0.39 is 0 Å². The lowest BCUT2D eigenvalue weighted by atomic mass is 10.1. The summed E-state index contributed by atoms with van der Waals surface area (Å²) < 4.78 is 0. The number of hydrogen-bond donors (Lipinski definition) is 0. The Balaban J connectivity index is 1.98. The molecule has 1 aromatic carbocycles. The molecule has 5 heteroatoms. The summed E-state index contributed by atoms with van der Waals surface area (Å²) in [5.41, 5.74) is 1.39. The van der Waals surface area contributed by atoms with E-state index in [0.29, 0.717) is 12.0 Å². The largest absolute Gasteiger partial charge is 0.283 e. The number of amides is 1. The third kappa shape index (κ3) is 2.86. The summed E-state index contributed by atoms with van der Waals surface area (Å²) in [5, 5.41) is 8.10. The van der Waals surface area contributed by atoms with Gasteiger partial charge in [-0.25, -0.2) is 0 Å². The number of azo groups is 1. The third-order valence-electron chi connectivity index (χ3n) is 3.20. The summed E-state index contributed by atoms with van der Waals surface area (Å²) in [6.07, 6.45) is 7.11. The van der Waals surface area contributed by atoms with E-state index in [-0.39, 0.29) is 12.1 Å². The average Bonchev–Trinajstić information content (AvgIpc) is 2.58. The second-order valence-corrected chi connectivity index (χ2v) is 4.58. The molecule has 1 amide bonds. The monoisotopic (exact) mass is 278 g/mol. The van der Waals surface area contributed by atoms with Gasteiger partial charge in [0.1, 0.15) is 0 Å². The maximum absolute atomic E-state index is 12.8. The third-order valence-corrected chi connectivity index (χ3v) is 3.20. The first-order valence-electron chi connectivity index (χ1n) is 6.70. The molecule has 0 fully saturated rings. The molecule has 0 N–H and O–H groups in total. The number of rotatable bonds is 3. The molecule has 2 aromatic rings. The fourth-order valence-electron chi connectivity index (χ4n) is 2.20. The summed E-state index contributed by atoms with van der Waals surface area (Å²) in [6.45, 7) is 0. The van der Waals surface area contributed by atoms with Crippen molar-refractivity contribution in [1.29, 1.82) is 0 Å². The van der Waals surface area contributed by atoms with Crippen LogP contribution in [0.15, 0.2) is 77.4 Å². The Labute approximate surface area is 122 Å². The maximum Gasteiger partial charge on any atom is 0.260 e. The Morgan fingerprint density at radius 2 is 1.86 bits per heavy atom. The molecule has 1 unspecified atom stereocenters. The van der Waals surface area contributed by atoms with Crippen LogP contribution in [0.25, 0.3) is 0 Å². The zero-order valence-corrected chi connectivity index (χ0v) is 11.3. The van der Waals surface area contributed by atoms with Crippen LogP contribution in [0, 0.1) is 0 Å². The van der Waals surface area contributed by atoms with Gasteiger partial charge < -0.3 is 0 Å². The number of carbonyl (C=O) groups excluding carboxylic acids is 1. The molecule has 0 radical (unpaired) electrons. The molecule has 0 spiro atoms. The van der Waals surface area contributed by atoms with Crippen LogP contribution in [0.5, 0.6) is 0 Å². The number of benzene rings is 1. The summed E-state index contributed by atoms with van der Waals surface area (Å²) in [7, 11) is 0. The molecule has 1 aromatic heterocycles. The second kappa shape index (κ2) is 6.09. The highest BCUT2D eigenvalue weighted by Gasteiger charge is 2.26. The van der Waals surface area contributed by atoms with Gasteiger partial charge in [-0.1, -0.05) is 24.3 Å². The lowest BCUT2D eigenvalue weighted by molar-refractivity contribution is 0.0976. The van der Waals surface area contributed by atoms with Crippen molar-refractivity contribution in [1.82, 2.24) is 4.98 Å². The molecule has 21 heavy (non-hydrogen) atoms. The van der Waals surface area contributed by atoms with Gasteiger partial charge in [-0.2, -0.15) is 10.2 Å². The van der Waals surface area contributed by atoms with Gasteiger partial charge in [-0.3, -0.25) is 14.7 Å². The predicted octanol–water partition coefficient (Wildman–Crippen LogP) is 3.42. The van der Waals surface area contributed by atoms with E-state index in [1.54, 1.807) is 35.6 Å². The molecule has 0 saturated heterocycles. The number of nitrogens with zero attached hydrogens (tertiary/aromatic N) is 4. The predicted molar refractivity (Wildman–Crippen MR) is 79.9 cm³/mol.